The van der Waals surface area contributed by atoms with E-state index in [-0.39, 0.29) is 18.5 Å². The van der Waals surface area contributed by atoms with Gasteiger partial charge in [0.05, 0.1) is 6.61 Å². The highest BCUT2D eigenvalue weighted by Crippen LogP contribution is 2.17. The quantitative estimate of drug-likeness (QED) is 0.809. The molecule has 0 heterocycles. The molecule has 0 amide bonds. The molecule has 0 fully saturated rings. The topological polar surface area (TPSA) is 44.5 Å². The molecule has 0 radical (unpaired) electrons. The minimum Gasteiger partial charge on any atom is -0.488 e. The SMILES string of the molecule is COCC(C)Oc1ccc(CN)c(F)c1. The lowest BCUT2D eigenvalue weighted by Gasteiger charge is -2.14. The Hall–Kier alpha value is -1.13. The van der Waals surface area contributed by atoms with Crippen molar-refractivity contribution in [2.24, 2.45) is 5.73 Å². The first kappa shape index (κ1) is 11.9. The monoisotopic (exact) mass is 213 g/mol. The second-order valence-corrected chi connectivity index (χ2v) is 3.34. The summed E-state index contributed by atoms with van der Waals surface area (Å²) in [5.41, 5.74) is 5.84. The molecule has 1 unspecified atom stereocenters. The zero-order chi connectivity index (χ0) is 11.3. The number of benzene rings is 1. The molecule has 1 aromatic carbocycles. The number of ether oxygens (including phenoxy) is 2. The van der Waals surface area contributed by atoms with Crippen LogP contribution in [0.2, 0.25) is 0 Å². The molecule has 0 spiro atoms. The molecule has 0 saturated carbocycles. The Morgan fingerprint density at radius 1 is 1.47 bits per heavy atom. The largest absolute Gasteiger partial charge is 0.488 e. The Morgan fingerprint density at radius 2 is 2.20 bits per heavy atom. The number of nitrogens with two attached hydrogens (primary N) is 1. The first-order valence-electron chi connectivity index (χ1n) is 4.81. The van der Waals surface area contributed by atoms with Gasteiger partial charge in [0, 0.05) is 25.3 Å². The predicted octanol–water partition coefficient (Wildman–Crippen LogP) is 1.70. The number of methoxy groups -OCH3 is 1. The zero-order valence-electron chi connectivity index (χ0n) is 9.00. The maximum absolute atomic E-state index is 13.3. The van der Waals surface area contributed by atoms with E-state index in [9.17, 15) is 4.39 Å². The Morgan fingerprint density at radius 3 is 2.73 bits per heavy atom. The molecule has 1 atom stereocenters. The van der Waals surface area contributed by atoms with Crippen molar-refractivity contribution in [2.75, 3.05) is 13.7 Å². The molecule has 15 heavy (non-hydrogen) atoms. The first-order valence-corrected chi connectivity index (χ1v) is 4.81. The third-order valence-electron chi connectivity index (χ3n) is 1.98. The van der Waals surface area contributed by atoms with Gasteiger partial charge < -0.3 is 15.2 Å². The van der Waals surface area contributed by atoms with Crippen molar-refractivity contribution in [2.45, 2.75) is 19.6 Å². The molecule has 0 saturated heterocycles. The second-order valence-electron chi connectivity index (χ2n) is 3.34. The fourth-order valence-corrected chi connectivity index (χ4v) is 1.27. The molecular weight excluding hydrogens is 197 g/mol. The maximum Gasteiger partial charge on any atom is 0.131 e. The molecule has 0 aromatic heterocycles. The van der Waals surface area contributed by atoms with Crippen molar-refractivity contribution in [1.82, 2.24) is 0 Å². The number of rotatable bonds is 5. The van der Waals surface area contributed by atoms with E-state index in [1.807, 2.05) is 6.92 Å². The molecule has 3 nitrogen and oxygen atoms in total. The van der Waals surface area contributed by atoms with Crippen LogP contribution in [0.15, 0.2) is 18.2 Å². The third kappa shape index (κ3) is 3.49. The molecule has 0 aliphatic carbocycles. The molecule has 2 N–H and O–H groups in total. The normalized spacial score (nSPS) is 12.5. The maximum atomic E-state index is 13.3. The van der Waals surface area contributed by atoms with Gasteiger partial charge in [-0.25, -0.2) is 4.39 Å². The standard InChI is InChI=1S/C11H16FNO2/c1-8(7-14-2)15-10-4-3-9(6-13)11(12)5-10/h3-5,8H,6-7,13H2,1-2H3. The Labute approximate surface area is 89.0 Å². The van der Waals surface area contributed by atoms with Gasteiger partial charge in [0.15, 0.2) is 0 Å². The fraction of sp³-hybridized carbons (Fsp3) is 0.455. The van der Waals surface area contributed by atoms with E-state index in [0.29, 0.717) is 17.9 Å². The smallest absolute Gasteiger partial charge is 0.131 e. The molecule has 0 aliphatic heterocycles. The molecule has 0 bridgehead atoms. The Kier molecular flexibility index (Phi) is 4.52. The second kappa shape index (κ2) is 5.68. The molecule has 0 aliphatic rings. The van der Waals surface area contributed by atoms with Crippen molar-refractivity contribution in [3.63, 3.8) is 0 Å². The van der Waals surface area contributed by atoms with E-state index < -0.39 is 0 Å². The highest BCUT2D eigenvalue weighted by molar-refractivity contribution is 5.28. The van der Waals surface area contributed by atoms with Gasteiger partial charge in [-0.3, -0.25) is 0 Å². The van der Waals surface area contributed by atoms with Gasteiger partial charge in [-0.05, 0) is 13.0 Å². The van der Waals surface area contributed by atoms with Crippen LogP contribution < -0.4 is 10.5 Å². The van der Waals surface area contributed by atoms with Crippen molar-refractivity contribution in [3.05, 3.63) is 29.6 Å². The molecule has 1 rings (SSSR count). The van der Waals surface area contributed by atoms with Crippen LogP contribution in [0.5, 0.6) is 5.75 Å². The zero-order valence-corrected chi connectivity index (χ0v) is 9.00. The van der Waals surface area contributed by atoms with Gasteiger partial charge in [0.2, 0.25) is 0 Å². The number of hydrogen-bond donors (Lipinski definition) is 1. The van der Waals surface area contributed by atoms with Crippen LogP contribution in [0, 0.1) is 5.82 Å². The lowest BCUT2D eigenvalue weighted by molar-refractivity contribution is 0.0918. The number of halogens is 1. The lowest BCUT2D eigenvalue weighted by atomic mass is 10.2. The summed E-state index contributed by atoms with van der Waals surface area (Å²) < 4.78 is 23.6. The summed E-state index contributed by atoms with van der Waals surface area (Å²) >= 11 is 0. The van der Waals surface area contributed by atoms with Crippen LogP contribution in [-0.4, -0.2) is 19.8 Å². The van der Waals surface area contributed by atoms with Crippen LogP contribution in [0.25, 0.3) is 0 Å². The Balaban J connectivity index is 2.66. The van der Waals surface area contributed by atoms with Crippen LogP contribution in [0.3, 0.4) is 0 Å². The van der Waals surface area contributed by atoms with Crippen molar-refractivity contribution >= 4 is 0 Å². The van der Waals surface area contributed by atoms with Gasteiger partial charge in [-0.2, -0.15) is 0 Å². The van der Waals surface area contributed by atoms with E-state index in [0.717, 1.165) is 0 Å². The van der Waals surface area contributed by atoms with Gasteiger partial charge in [-0.15, -0.1) is 0 Å². The summed E-state index contributed by atoms with van der Waals surface area (Å²) in [6, 6.07) is 4.68. The molecular formula is C11H16FNO2. The van der Waals surface area contributed by atoms with Crippen LogP contribution in [0.1, 0.15) is 12.5 Å². The van der Waals surface area contributed by atoms with Crippen molar-refractivity contribution in [3.8, 4) is 5.75 Å². The van der Waals surface area contributed by atoms with E-state index in [2.05, 4.69) is 0 Å². The summed E-state index contributed by atoms with van der Waals surface area (Å²) in [5, 5.41) is 0. The molecule has 4 heteroatoms. The lowest BCUT2D eigenvalue weighted by Crippen LogP contribution is -2.18. The summed E-state index contributed by atoms with van der Waals surface area (Å²) in [6.45, 7) is 2.53. The minimum atomic E-state index is -0.334. The fourth-order valence-electron chi connectivity index (χ4n) is 1.27. The number of hydrogen-bond acceptors (Lipinski definition) is 3. The van der Waals surface area contributed by atoms with Crippen LogP contribution in [-0.2, 0) is 11.3 Å². The van der Waals surface area contributed by atoms with E-state index in [4.69, 9.17) is 15.2 Å². The van der Waals surface area contributed by atoms with Gasteiger partial charge >= 0.3 is 0 Å². The highest BCUT2D eigenvalue weighted by atomic mass is 19.1. The summed E-state index contributed by atoms with van der Waals surface area (Å²) in [5.74, 6) is 0.161. The summed E-state index contributed by atoms with van der Waals surface area (Å²) in [6.07, 6.45) is -0.0990. The highest BCUT2D eigenvalue weighted by Gasteiger charge is 2.06. The average molecular weight is 213 g/mol. The van der Waals surface area contributed by atoms with Gasteiger partial charge in [0.1, 0.15) is 17.7 Å². The minimum absolute atomic E-state index is 0.0990. The molecule has 1 aromatic rings. The van der Waals surface area contributed by atoms with Gasteiger partial charge in [0.25, 0.3) is 0 Å². The van der Waals surface area contributed by atoms with Gasteiger partial charge in [-0.1, -0.05) is 6.07 Å². The Bertz CT molecular complexity index is 317. The summed E-state index contributed by atoms with van der Waals surface area (Å²) in [7, 11) is 1.60. The van der Waals surface area contributed by atoms with Crippen molar-refractivity contribution < 1.29 is 13.9 Å². The average Bonchev–Trinajstić information content (AvgIpc) is 2.18. The molecule has 84 valence electrons. The van der Waals surface area contributed by atoms with E-state index >= 15 is 0 Å². The van der Waals surface area contributed by atoms with E-state index in [1.165, 1.54) is 6.07 Å². The predicted molar refractivity (Wildman–Crippen MR) is 56.3 cm³/mol. The van der Waals surface area contributed by atoms with Crippen LogP contribution in [0.4, 0.5) is 4.39 Å². The first-order chi connectivity index (χ1) is 7.17. The van der Waals surface area contributed by atoms with Crippen LogP contribution >= 0.6 is 0 Å². The third-order valence-corrected chi connectivity index (χ3v) is 1.98. The summed E-state index contributed by atoms with van der Waals surface area (Å²) in [4.78, 5) is 0. The van der Waals surface area contributed by atoms with E-state index in [1.54, 1.807) is 19.2 Å². The van der Waals surface area contributed by atoms with Crippen molar-refractivity contribution in [1.29, 1.82) is 0 Å².